The van der Waals surface area contributed by atoms with E-state index in [1.165, 1.54) is 29.8 Å². The van der Waals surface area contributed by atoms with Crippen LogP contribution in [0.4, 0.5) is 34.5 Å². The van der Waals surface area contributed by atoms with E-state index in [4.69, 9.17) is 0 Å². The number of benzene rings is 3. The lowest BCUT2D eigenvalue weighted by molar-refractivity contribution is -0.384. The van der Waals surface area contributed by atoms with E-state index in [1.54, 1.807) is 24.3 Å². The van der Waals surface area contributed by atoms with Gasteiger partial charge in [-0.15, -0.1) is 0 Å². The number of non-ortho nitro benzene ring substituents is 1. The third-order valence-electron chi connectivity index (χ3n) is 4.90. The Balaban J connectivity index is 1.43. The van der Waals surface area contributed by atoms with Gasteiger partial charge in [0.1, 0.15) is 5.82 Å². The highest BCUT2D eigenvalue weighted by Gasteiger charge is 2.12. The molecule has 0 saturated heterocycles. The van der Waals surface area contributed by atoms with E-state index in [9.17, 15) is 14.9 Å². The topological polar surface area (TPSA) is 122 Å². The van der Waals surface area contributed by atoms with Crippen LogP contribution in [-0.4, -0.2) is 20.8 Å². The Labute approximate surface area is 196 Å². The molecule has 1 amide bonds. The number of carbonyl (C=O) groups is 1. The number of nitrogens with one attached hydrogen (secondary N) is 3. The number of nitro groups is 1. The molecule has 9 heteroatoms. The first-order chi connectivity index (χ1) is 16.4. The Morgan fingerprint density at radius 1 is 0.824 bits per heavy atom. The van der Waals surface area contributed by atoms with E-state index in [1.807, 2.05) is 44.2 Å². The Bertz CT molecular complexity index is 1340. The summed E-state index contributed by atoms with van der Waals surface area (Å²) in [5, 5.41) is 20.1. The molecular formula is C25H22N6O3. The lowest BCUT2D eigenvalue weighted by atomic mass is 10.2. The summed E-state index contributed by atoms with van der Waals surface area (Å²) < 4.78 is 0. The van der Waals surface area contributed by atoms with Crippen molar-refractivity contribution in [1.82, 2.24) is 9.97 Å². The van der Waals surface area contributed by atoms with E-state index in [0.717, 1.165) is 17.1 Å². The van der Waals surface area contributed by atoms with Crippen LogP contribution in [0.3, 0.4) is 0 Å². The lowest BCUT2D eigenvalue weighted by Gasteiger charge is -2.11. The van der Waals surface area contributed by atoms with Gasteiger partial charge in [-0.3, -0.25) is 14.9 Å². The smallest absolute Gasteiger partial charge is 0.270 e. The Kier molecular flexibility index (Phi) is 6.45. The van der Waals surface area contributed by atoms with Gasteiger partial charge < -0.3 is 16.0 Å². The van der Waals surface area contributed by atoms with Crippen molar-refractivity contribution >= 4 is 40.4 Å². The van der Waals surface area contributed by atoms with Crippen molar-refractivity contribution in [2.45, 2.75) is 13.8 Å². The van der Waals surface area contributed by atoms with Crippen LogP contribution in [0.15, 0.2) is 78.9 Å². The highest BCUT2D eigenvalue weighted by atomic mass is 16.6. The van der Waals surface area contributed by atoms with Crippen LogP contribution < -0.4 is 16.0 Å². The minimum absolute atomic E-state index is 0.136. The molecule has 0 aliphatic carbocycles. The van der Waals surface area contributed by atoms with E-state index in [0.29, 0.717) is 17.5 Å². The second kappa shape index (κ2) is 9.78. The maximum atomic E-state index is 12.4. The zero-order valence-electron chi connectivity index (χ0n) is 18.6. The van der Waals surface area contributed by atoms with Crippen LogP contribution in [0.5, 0.6) is 0 Å². The molecule has 0 atom stereocenters. The number of rotatable bonds is 7. The molecule has 1 aromatic heterocycles. The number of aromatic nitrogens is 2. The molecule has 4 rings (SSSR count). The first-order valence-corrected chi connectivity index (χ1v) is 10.5. The summed E-state index contributed by atoms with van der Waals surface area (Å²) in [5.74, 6) is 0.672. The number of nitrogens with zero attached hydrogens (tertiary/aromatic N) is 3. The molecule has 0 aliphatic rings. The highest BCUT2D eigenvalue weighted by molar-refractivity contribution is 6.04. The van der Waals surface area contributed by atoms with E-state index in [-0.39, 0.29) is 11.3 Å². The normalized spacial score (nSPS) is 10.4. The molecule has 4 aromatic rings. The molecule has 170 valence electrons. The van der Waals surface area contributed by atoms with Crippen molar-refractivity contribution in [3.8, 4) is 0 Å². The van der Waals surface area contributed by atoms with Crippen LogP contribution in [-0.2, 0) is 0 Å². The van der Waals surface area contributed by atoms with E-state index in [2.05, 4.69) is 25.9 Å². The average Bonchev–Trinajstić information content (AvgIpc) is 2.81. The highest BCUT2D eigenvalue weighted by Crippen LogP contribution is 2.22. The van der Waals surface area contributed by atoms with Crippen LogP contribution in [0, 0.1) is 24.0 Å². The number of aryl methyl sites for hydroxylation is 2. The van der Waals surface area contributed by atoms with Crippen molar-refractivity contribution in [3.05, 3.63) is 106 Å². The van der Waals surface area contributed by atoms with Gasteiger partial charge in [0.2, 0.25) is 5.95 Å². The van der Waals surface area contributed by atoms with Crippen molar-refractivity contribution in [2.24, 2.45) is 0 Å². The molecule has 34 heavy (non-hydrogen) atoms. The second-order valence-corrected chi connectivity index (χ2v) is 7.67. The van der Waals surface area contributed by atoms with Gasteiger partial charge in [-0.1, -0.05) is 23.8 Å². The average molecular weight is 454 g/mol. The standard InChI is InChI=1S/C25H22N6O3/c1-16-6-8-21(9-7-16)29-25-26-17(2)14-23(30-25)27-19-10-12-20(13-11-19)28-24(32)18-4-3-5-22(15-18)31(33)34/h3-15H,1-2H3,(H,28,32)(H2,26,27,29,30). The third kappa shape index (κ3) is 5.71. The predicted molar refractivity (Wildman–Crippen MR) is 132 cm³/mol. The summed E-state index contributed by atoms with van der Waals surface area (Å²) in [4.78, 5) is 31.8. The van der Waals surface area contributed by atoms with Crippen molar-refractivity contribution in [3.63, 3.8) is 0 Å². The fourth-order valence-electron chi connectivity index (χ4n) is 3.20. The Morgan fingerprint density at radius 3 is 2.18 bits per heavy atom. The summed E-state index contributed by atoms with van der Waals surface area (Å²) in [6.07, 6.45) is 0. The fourth-order valence-corrected chi connectivity index (χ4v) is 3.20. The van der Waals surface area contributed by atoms with Gasteiger partial charge in [-0.2, -0.15) is 4.98 Å². The molecule has 3 aromatic carbocycles. The number of amides is 1. The van der Waals surface area contributed by atoms with Gasteiger partial charge in [0.05, 0.1) is 4.92 Å². The van der Waals surface area contributed by atoms with Crippen LogP contribution in [0.2, 0.25) is 0 Å². The second-order valence-electron chi connectivity index (χ2n) is 7.67. The zero-order valence-corrected chi connectivity index (χ0v) is 18.6. The number of anilines is 5. The van der Waals surface area contributed by atoms with E-state index >= 15 is 0 Å². The maximum absolute atomic E-state index is 12.4. The lowest BCUT2D eigenvalue weighted by Crippen LogP contribution is -2.12. The van der Waals surface area contributed by atoms with E-state index < -0.39 is 10.8 Å². The Hall–Kier alpha value is -4.79. The summed E-state index contributed by atoms with van der Waals surface area (Å²) >= 11 is 0. The number of nitro benzene ring substituents is 1. The molecule has 9 nitrogen and oxygen atoms in total. The van der Waals surface area contributed by atoms with Crippen LogP contribution in [0.25, 0.3) is 0 Å². The number of hydrogen-bond acceptors (Lipinski definition) is 7. The van der Waals surface area contributed by atoms with Gasteiger partial charge in [-0.05, 0) is 56.3 Å². The molecule has 0 bridgehead atoms. The van der Waals surface area contributed by atoms with Gasteiger partial charge in [-0.25, -0.2) is 4.98 Å². The predicted octanol–water partition coefficient (Wildman–Crippen LogP) is 5.74. The zero-order chi connectivity index (χ0) is 24.1. The Morgan fingerprint density at radius 2 is 1.47 bits per heavy atom. The summed E-state index contributed by atoms with van der Waals surface area (Å²) in [6.45, 7) is 3.92. The quantitative estimate of drug-likeness (QED) is 0.240. The SMILES string of the molecule is Cc1ccc(Nc2nc(C)cc(Nc3ccc(NC(=O)c4cccc([N+](=O)[O-])c4)cc3)n2)cc1. The first kappa shape index (κ1) is 22.4. The maximum Gasteiger partial charge on any atom is 0.270 e. The van der Waals surface area contributed by atoms with Gasteiger partial charge >= 0.3 is 0 Å². The van der Waals surface area contributed by atoms with Crippen molar-refractivity contribution in [2.75, 3.05) is 16.0 Å². The molecule has 0 aliphatic heterocycles. The summed E-state index contributed by atoms with van der Waals surface area (Å²) in [7, 11) is 0. The largest absolute Gasteiger partial charge is 0.340 e. The molecule has 0 fully saturated rings. The molecule has 3 N–H and O–H groups in total. The molecule has 0 saturated carbocycles. The molecule has 0 unspecified atom stereocenters. The van der Waals surface area contributed by atoms with Crippen LogP contribution >= 0.6 is 0 Å². The summed E-state index contributed by atoms with van der Waals surface area (Å²) in [5.41, 5.74) is 4.27. The fraction of sp³-hybridized carbons (Fsp3) is 0.0800. The van der Waals surface area contributed by atoms with Crippen LogP contribution in [0.1, 0.15) is 21.6 Å². The molecule has 0 radical (unpaired) electrons. The van der Waals surface area contributed by atoms with Gasteiger partial charge in [0.15, 0.2) is 0 Å². The third-order valence-corrected chi connectivity index (χ3v) is 4.90. The first-order valence-electron chi connectivity index (χ1n) is 10.5. The molecule has 1 heterocycles. The number of carbonyl (C=O) groups excluding carboxylic acids is 1. The number of hydrogen-bond donors (Lipinski definition) is 3. The van der Waals surface area contributed by atoms with Gasteiger partial charge in [0, 0.05) is 46.5 Å². The monoisotopic (exact) mass is 454 g/mol. The van der Waals surface area contributed by atoms with Crippen molar-refractivity contribution in [1.29, 1.82) is 0 Å². The van der Waals surface area contributed by atoms with Crippen molar-refractivity contribution < 1.29 is 9.72 Å². The van der Waals surface area contributed by atoms with Gasteiger partial charge in [0.25, 0.3) is 11.6 Å². The minimum Gasteiger partial charge on any atom is -0.340 e. The molecule has 0 spiro atoms. The summed E-state index contributed by atoms with van der Waals surface area (Å²) in [6, 6.07) is 22.4. The minimum atomic E-state index is -0.534. The molecular weight excluding hydrogens is 432 g/mol.